The highest BCUT2D eigenvalue weighted by molar-refractivity contribution is 6.41. The Morgan fingerprint density at radius 1 is 1.26 bits per heavy atom. The molecule has 1 rings (SSSR count). The first-order chi connectivity index (χ1) is 10.9. The van der Waals surface area contributed by atoms with Gasteiger partial charge < -0.3 is 10.1 Å². The van der Waals surface area contributed by atoms with Crippen LogP contribution in [0.3, 0.4) is 0 Å². The molecule has 6 nitrogen and oxygen atoms in total. The van der Waals surface area contributed by atoms with Crippen molar-refractivity contribution in [2.24, 2.45) is 0 Å². The third kappa shape index (κ3) is 3.90. The molecule has 0 saturated carbocycles. The number of carbonyl (C=O) groups is 1. The predicted molar refractivity (Wildman–Crippen MR) is 79.9 cm³/mol. The summed E-state index contributed by atoms with van der Waals surface area (Å²) in [7, 11) is 0. The molecule has 0 amide bonds. The molecule has 0 radical (unpaired) electrons. The highest BCUT2D eigenvalue weighted by Crippen LogP contribution is 2.37. The summed E-state index contributed by atoms with van der Waals surface area (Å²) < 4.78 is 18.6. The zero-order valence-corrected chi connectivity index (χ0v) is 13.1. The van der Waals surface area contributed by atoms with E-state index in [-0.39, 0.29) is 22.9 Å². The molecule has 116 valence electrons. The number of nitrogens with one attached hydrogen (secondary N) is 1. The number of esters is 1. The van der Waals surface area contributed by atoms with Crippen molar-refractivity contribution in [3.8, 4) is 18.2 Å². The fourth-order valence-corrected chi connectivity index (χ4v) is 2.00. The van der Waals surface area contributed by atoms with Crippen molar-refractivity contribution in [2.75, 3.05) is 11.9 Å². The van der Waals surface area contributed by atoms with Crippen molar-refractivity contribution in [3.63, 3.8) is 0 Å². The third-order valence-corrected chi connectivity index (χ3v) is 3.25. The van der Waals surface area contributed by atoms with Gasteiger partial charge in [0.25, 0.3) is 0 Å². The van der Waals surface area contributed by atoms with Gasteiger partial charge in [-0.1, -0.05) is 23.2 Å². The average molecular weight is 353 g/mol. The first-order valence-corrected chi connectivity index (χ1v) is 6.73. The van der Waals surface area contributed by atoms with E-state index in [2.05, 4.69) is 5.32 Å². The molecular formula is C14H7Cl2FN4O2. The van der Waals surface area contributed by atoms with Crippen LogP contribution in [0.25, 0.3) is 0 Å². The van der Waals surface area contributed by atoms with Gasteiger partial charge in [-0.05, 0) is 13.0 Å². The molecule has 0 aliphatic heterocycles. The highest BCUT2D eigenvalue weighted by Gasteiger charge is 2.22. The number of halogens is 3. The van der Waals surface area contributed by atoms with E-state index < -0.39 is 28.1 Å². The monoisotopic (exact) mass is 352 g/mol. The van der Waals surface area contributed by atoms with E-state index in [0.717, 1.165) is 6.07 Å². The molecule has 1 aromatic carbocycles. The van der Waals surface area contributed by atoms with E-state index in [1.54, 1.807) is 13.0 Å². The SMILES string of the molecule is CCOC(=O)c1cc(F)c(Cl)c(NC(C#N)=C(C#N)C#N)c1Cl. The van der Waals surface area contributed by atoms with Gasteiger partial charge in [-0.3, -0.25) is 0 Å². The van der Waals surface area contributed by atoms with Gasteiger partial charge in [-0.15, -0.1) is 0 Å². The van der Waals surface area contributed by atoms with Crippen LogP contribution in [0.4, 0.5) is 10.1 Å². The minimum absolute atomic E-state index is 0.0402. The van der Waals surface area contributed by atoms with E-state index in [9.17, 15) is 9.18 Å². The molecule has 0 spiro atoms. The summed E-state index contributed by atoms with van der Waals surface area (Å²) >= 11 is 11.8. The van der Waals surface area contributed by atoms with E-state index in [1.165, 1.54) is 12.1 Å². The van der Waals surface area contributed by atoms with Crippen molar-refractivity contribution in [1.82, 2.24) is 0 Å². The van der Waals surface area contributed by atoms with E-state index in [0.29, 0.717) is 0 Å². The van der Waals surface area contributed by atoms with Gasteiger partial charge in [0, 0.05) is 0 Å². The number of allylic oxidation sites excluding steroid dienone is 2. The first-order valence-electron chi connectivity index (χ1n) is 5.97. The van der Waals surface area contributed by atoms with E-state index in [1.807, 2.05) is 0 Å². The van der Waals surface area contributed by atoms with Crippen LogP contribution in [0.2, 0.25) is 10.0 Å². The lowest BCUT2D eigenvalue weighted by Crippen LogP contribution is -2.09. The average Bonchev–Trinajstić information content (AvgIpc) is 2.54. The van der Waals surface area contributed by atoms with Gasteiger partial charge in [0.1, 0.15) is 34.7 Å². The number of ether oxygens (including phenoxy) is 1. The molecule has 1 aromatic rings. The third-order valence-electron chi connectivity index (χ3n) is 2.49. The Morgan fingerprint density at radius 3 is 2.35 bits per heavy atom. The van der Waals surface area contributed by atoms with Crippen molar-refractivity contribution in [2.45, 2.75) is 6.92 Å². The Kier molecular flexibility index (Phi) is 6.35. The molecule has 1 N–H and O–H groups in total. The van der Waals surface area contributed by atoms with E-state index >= 15 is 0 Å². The topological polar surface area (TPSA) is 110 Å². The van der Waals surface area contributed by atoms with Gasteiger partial charge in [-0.25, -0.2) is 9.18 Å². The maximum Gasteiger partial charge on any atom is 0.339 e. The molecule has 0 unspecified atom stereocenters. The Hall–Kier alpha value is -2.79. The Bertz CT molecular complexity index is 800. The van der Waals surface area contributed by atoms with Crippen LogP contribution in [0.15, 0.2) is 17.3 Å². The lowest BCUT2D eigenvalue weighted by atomic mass is 10.1. The molecule has 0 aliphatic rings. The number of anilines is 1. The summed E-state index contributed by atoms with van der Waals surface area (Å²) in [4.78, 5) is 11.8. The summed E-state index contributed by atoms with van der Waals surface area (Å²) in [5.41, 5.74) is -1.68. The van der Waals surface area contributed by atoms with Gasteiger partial charge in [0.2, 0.25) is 0 Å². The van der Waals surface area contributed by atoms with Crippen LogP contribution in [0, 0.1) is 39.8 Å². The van der Waals surface area contributed by atoms with Crippen LogP contribution in [-0.2, 0) is 4.74 Å². The Labute approximate surface area is 140 Å². The zero-order chi connectivity index (χ0) is 17.6. The summed E-state index contributed by atoms with van der Waals surface area (Å²) in [6, 6.07) is 5.35. The molecule has 9 heteroatoms. The minimum Gasteiger partial charge on any atom is -0.462 e. The number of nitrogens with zero attached hydrogens (tertiary/aromatic N) is 3. The lowest BCUT2D eigenvalue weighted by Gasteiger charge is -2.13. The van der Waals surface area contributed by atoms with Gasteiger partial charge in [0.05, 0.1) is 22.9 Å². The van der Waals surface area contributed by atoms with Crippen LogP contribution < -0.4 is 5.32 Å². The van der Waals surface area contributed by atoms with Crippen LogP contribution in [0.5, 0.6) is 0 Å². The van der Waals surface area contributed by atoms with Crippen LogP contribution >= 0.6 is 23.2 Å². The standard InChI is InChI=1S/C14H7Cl2FN4O2/c1-2-23-14(22)8-3-9(17)12(16)13(11(8)15)21-10(6-20)7(4-18)5-19/h3,21H,2H2,1H3. The summed E-state index contributed by atoms with van der Waals surface area (Å²) in [5, 5.41) is 28.0. The zero-order valence-electron chi connectivity index (χ0n) is 11.6. The second-order valence-electron chi connectivity index (χ2n) is 3.84. The second kappa shape index (κ2) is 8.00. The molecule has 0 atom stereocenters. The smallest absolute Gasteiger partial charge is 0.339 e. The van der Waals surface area contributed by atoms with Gasteiger partial charge in [-0.2, -0.15) is 15.8 Å². The highest BCUT2D eigenvalue weighted by atomic mass is 35.5. The molecule has 0 saturated heterocycles. The lowest BCUT2D eigenvalue weighted by molar-refractivity contribution is 0.0526. The Balaban J connectivity index is 3.52. The number of hydrogen-bond acceptors (Lipinski definition) is 6. The van der Waals surface area contributed by atoms with Crippen LogP contribution in [-0.4, -0.2) is 12.6 Å². The Morgan fingerprint density at radius 2 is 1.87 bits per heavy atom. The van der Waals surface area contributed by atoms with E-state index in [4.69, 9.17) is 43.7 Å². The fourth-order valence-electron chi connectivity index (χ4n) is 1.48. The summed E-state index contributed by atoms with van der Waals surface area (Å²) in [5.74, 6) is -1.88. The molecule has 0 heterocycles. The molecular weight excluding hydrogens is 346 g/mol. The minimum atomic E-state index is -0.991. The summed E-state index contributed by atoms with van der Waals surface area (Å²) in [6.07, 6.45) is 0. The molecule has 0 bridgehead atoms. The number of nitriles is 3. The van der Waals surface area contributed by atoms with Gasteiger partial charge in [0.15, 0.2) is 5.57 Å². The summed E-state index contributed by atoms with van der Waals surface area (Å²) in [6.45, 7) is 1.60. The first kappa shape index (κ1) is 18.3. The number of benzene rings is 1. The van der Waals surface area contributed by atoms with Crippen LogP contribution in [0.1, 0.15) is 17.3 Å². The maximum absolute atomic E-state index is 13.9. The van der Waals surface area contributed by atoms with Crippen molar-refractivity contribution >= 4 is 34.9 Å². The van der Waals surface area contributed by atoms with Crippen molar-refractivity contribution in [1.29, 1.82) is 15.8 Å². The number of rotatable bonds is 4. The number of carbonyl (C=O) groups excluding carboxylic acids is 1. The second-order valence-corrected chi connectivity index (χ2v) is 4.60. The number of hydrogen-bond donors (Lipinski definition) is 1. The quantitative estimate of drug-likeness (QED) is 0.504. The fraction of sp³-hybridized carbons (Fsp3) is 0.143. The normalized spacial score (nSPS) is 9.09. The molecule has 0 fully saturated rings. The van der Waals surface area contributed by atoms with Crippen molar-refractivity contribution < 1.29 is 13.9 Å². The van der Waals surface area contributed by atoms with Crippen molar-refractivity contribution in [3.05, 3.63) is 38.8 Å². The molecule has 23 heavy (non-hydrogen) atoms. The maximum atomic E-state index is 13.9. The van der Waals surface area contributed by atoms with Gasteiger partial charge >= 0.3 is 5.97 Å². The molecule has 0 aromatic heterocycles. The molecule has 0 aliphatic carbocycles. The largest absolute Gasteiger partial charge is 0.462 e. The predicted octanol–water partition coefficient (Wildman–Crippen LogP) is 3.55.